The van der Waals surface area contributed by atoms with Crippen LogP contribution in [-0.2, 0) is 13.0 Å². The van der Waals surface area contributed by atoms with Crippen LogP contribution in [-0.4, -0.2) is 15.6 Å². The van der Waals surface area contributed by atoms with Gasteiger partial charge in [0.05, 0.1) is 0 Å². The van der Waals surface area contributed by atoms with Gasteiger partial charge in [0.15, 0.2) is 0 Å². The van der Waals surface area contributed by atoms with E-state index < -0.39 is 0 Å². The monoisotopic (exact) mass is 255 g/mol. The Morgan fingerprint density at radius 3 is 3.16 bits per heavy atom. The first kappa shape index (κ1) is 12.3. The van der Waals surface area contributed by atoms with E-state index in [0.29, 0.717) is 6.04 Å². The molecule has 2 heterocycles. The van der Waals surface area contributed by atoms with Gasteiger partial charge in [0.1, 0.15) is 5.82 Å². The van der Waals surface area contributed by atoms with Crippen LogP contribution in [0.4, 0.5) is 5.69 Å². The second-order valence-electron chi connectivity index (χ2n) is 5.40. The van der Waals surface area contributed by atoms with Gasteiger partial charge < -0.3 is 9.88 Å². The van der Waals surface area contributed by atoms with E-state index in [1.807, 2.05) is 6.20 Å². The maximum Gasteiger partial charge on any atom is 0.139 e. The third-order valence-electron chi connectivity index (χ3n) is 3.79. The molecule has 19 heavy (non-hydrogen) atoms. The lowest BCUT2D eigenvalue weighted by atomic mass is 9.97. The molecule has 0 fully saturated rings. The predicted molar refractivity (Wildman–Crippen MR) is 79.4 cm³/mol. The van der Waals surface area contributed by atoms with E-state index in [1.165, 1.54) is 23.2 Å². The second kappa shape index (κ2) is 5.08. The van der Waals surface area contributed by atoms with Crippen LogP contribution in [0.5, 0.6) is 0 Å². The fourth-order valence-corrected chi connectivity index (χ4v) is 2.78. The summed E-state index contributed by atoms with van der Waals surface area (Å²) in [5, 5.41) is 3.54. The van der Waals surface area contributed by atoms with Crippen molar-refractivity contribution in [3.63, 3.8) is 0 Å². The molecule has 1 N–H and O–H groups in total. The molecule has 2 aromatic rings. The minimum Gasteiger partial charge on any atom is -0.382 e. The zero-order valence-corrected chi connectivity index (χ0v) is 11.7. The molecule has 0 saturated heterocycles. The highest BCUT2D eigenvalue weighted by Crippen LogP contribution is 2.29. The van der Waals surface area contributed by atoms with Gasteiger partial charge in [-0.15, -0.1) is 0 Å². The summed E-state index contributed by atoms with van der Waals surface area (Å²) in [5.41, 5.74) is 3.94. The zero-order valence-electron chi connectivity index (χ0n) is 11.7. The highest BCUT2D eigenvalue weighted by Gasteiger charge is 2.15. The Bertz CT molecular complexity index is 571. The number of aryl methyl sites for hydroxylation is 2. The van der Waals surface area contributed by atoms with E-state index in [-0.39, 0.29) is 0 Å². The molecule has 1 aliphatic heterocycles. The van der Waals surface area contributed by atoms with Crippen molar-refractivity contribution in [2.75, 3.05) is 5.32 Å². The van der Waals surface area contributed by atoms with Crippen LogP contribution in [0.15, 0.2) is 30.6 Å². The summed E-state index contributed by atoms with van der Waals surface area (Å²) in [4.78, 5) is 4.51. The smallest absolute Gasteiger partial charge is 0.139 e. The van der Waals surface area contributed by atoms with Crippen molar-refractivity contribution in [1.29, 1.82) is 0 Å². The number of aromatic nitrogens is 2. The number of benzene rings is 1. The van der Waals surface area contributed by atoms with Crippen LogP contribution < -0.4 is 5.32 Å². The summed E-state index contributed by atoms with van der Waals surface area (Å²) in [6.07, 6.45) is 7.46. The van der Waals surface area contributed by atoms with E-state index in [1.54, 1.807) is 0 Å². The normalized spacial score (nSPS) is 17.9. The van der Waals surface area contributed by atoms with Gasteiger partial charge in [-0.05, 0) is 49.9 Å². The Morgan fingerprint density at radius 2 is 2.32 bits per heavy atom. The number of hydrogen-bond acceptors (Lipinski definition) is 2. The van der Waals surface area contributed by atoms with Gasteiger partial charge >= 0.3 is 0 Å². The van der Waals surface area contributed by atoms with Gasteiger partial charge in [-0.2, -0.15) is 0 Å². The molecule has 1 aromatic carbocycles. The van der Waals surface area contributed by atoms with Crippen molar-refractivity contribution in [2.24, 2.45) is 0 Å². The number of imidazole rings is 1. The first-order chi connectivity index (χ1) is 9.28. The minimum atomic E-state index is 0.584. The zero-order chi connectivity index (χ0) is 13.2. The third-order valence-corrected chi connectivity index (χ3v) is 3.79. The Balaban J connectivity index is 1.95. The molecule has 0 saturated carbocycles. The van der Waals surface area contributed by atoms with Gasteiger partial charge in [-0.1, -0.05) is 6.92 Å². The quantitative estimate of drug-likeness (QED) is 0.906. The molecule has 0 spiro atoms. The Hall–Kier alpha value is -1.77. The number of rotatable bonds is 3. The van der Waals surface area contributed by atoms with Crippen LogP contribution in [0.2, 0.25) is 0 Å². The van der Waals surface area contributed by atoms with Crippen molar-refractivity contribution in [2.45, 2.75) is 45.7 Å². The number of hydrogen-bond donors (Lipinski definition) is 1. The van der Waals surface area contributed by atoms with Gasteiger partial charge in [-0.25, -0.2) is 4.98 Å². The van der Waals surface area contributed by atoms with E-state index in [0.717, 1.165) is 25.2 Å². The van der Waals surface area contributed by atoms with Crippen molar-refractivity contribution >= 4 is 5.69 Å². The topological polar surface area (TPSA) is 29.9 Å². The molecule has 1 unspecified atom stereocenters. The molecule has 3 rings (SSSR count). The van der Waals surface area contributed by atoms with Gasteiger partial charge in [-0.3, -0.25) is 0 Å². The van der Waals surface area contributed by atoms with Crippen molar-refractivity contribution in [3.8, 4) is 11.4 Å². The molecule has 0 radical (unpaired) electrons. The lowest BCUT2D eigenvalue weighted by Gasteiger charge is -2.24. The van der Waals surface area contributed by atoms with Crippen molar-refractivity contribution < 1.29 is 0 Å². The molecule has 0 aliphatic carbocycles. The highest BCUT2D eigenvalue weighted by molar-refractivity contribution is 5.65. The molecular formula is C16H21N3. The summed E-state index contributed by atoms with van der Waals surface area (Å²) in [6.45, 7) is 5.47. The van der Waals surface area contributed by atoms with E-state index in [9.17, 15) is 0 Å². The molecule has 0 bridgehead atoms. The lowest BCUT2D eigenvalue weighted by molar-refractivity contribution is 0.678. The standard InChI is InChI=1S/C16H21N3/c1-3-9-19-10-8-17-16(19)14-6-7-15-13(11-14)5-4-12(2)18-15/h6-8,10-12,18H,3-5,9H2,1-2H3. The SMILES string of the molecule is CCCn1ccnc1-c1ccc2c(c1)CCC(C)N2. The van der Waals surface area contributed by atoms with Crippen molar-refractivity contribution in [1.82, 2.24) is 9.55 Å². The largest absolute Gasteiger partial charge is 0.382 e. The Kier molecular flexibility index (Phi) is 3.28. The molecular weight excluding hydrogens is 234 g/mol. The maximum atomic E-state index is 4.51. The minimum absolute atomic E-state index is 0.584. The van der Waals surface area contributed by atoms with Gasteiger partial charge in [0, 0.05) is 36.2 Å². The molecule has 3 nitrogen and oxygen atoms in total. The Morgan fingerprint density at radius 1 is 1.42 bits per heavy atom. The number of nitrogens with zero attached hydrogens (tertiary/aromatic N) is 2. The van der Waals surface area contributed by atoms with Crippen LogP contribution >= 0.6 is 0 Å². The summed E-state index contributed by atoms with van der Waals surface area (Å²) in [7, 11) is 0. The summed E-state index contributed by atoms with van der Waals surface area (Å²) in [5.74, 6) is 1.09. The third kappa shape index (κ3) is 2.37. The predicted octanol–water partition coefficient (Wildman–Crippen LogP) is 3.71. The van der Waals surface area contributed by atoms with Gasteiger partial charge in [0.2, 0.25) is 0 Å². The fourth-order valence-electron chi connectivity index (χ4n) is 2.78. The molecule has 3 heteroatoms. The summed E-state index contributed by atoms with van der Waals surface area (Å²) >= 11 is 0. The lowest BCUT2D eigenvalue weighted by Crippen LogP contribution is -2.21. The summed E-state index contributed by atoms with van der Waals surface area (Å²) < 4.78 is 2.24. The first-order valence-corrected chi connectivity index (χ1v) is 7.19. The first-order valence-electron chi connectivity index (χ1n) is 7.19. The highest BCUT2D eigenvalue weighted by atomic mass is 15.1. The fraction of sp³-hybridized carbons (Fsp3) is 0.438. The molecule has 0 amide bonds. The van der Waals surface area contributed by atoms with E-state index in [2.05, 4.69) is 53.1 Å². The van der Waals surface area contributed by atoms with Crippen LogP contribution in [0.1, 0.15) is 32.3 Å². The average molecular weight is 255 g/mol. The van der Waals surface area contributed by atoms with E-state index >= 15 is 0 Å². The van der Waals surface area contributed by atoms with Gasteiger partial charge in [0.25, 0.3) is 0 Å². The average Bonchev–Trinajstić information content (AvgIpc) is 2.87. The van der Waals surface area contributed by atoms with E-state index in [4.69, 9.17) is 0 Å². The number of fused-ring (bicyclic) bond motifs is 1. The maximum absolute atomic E-state index is 4.51. The Labute approximate surface area is 114 Å². The van der Waals surface area contributed by atoms with Crippen LogP contribution in [0.3, 0.4) is 0 Å². The van der Waals surface area contributed by atoms with Crippen molar-refractivity contribution in [3.05, 3.63) is 36.2 Å². The molecule has 1 aromatic heterocycles. The van der Waals surface area contributed by atoms with Crippen LogP contribution in [0.25, 0.3) is 11.4 Å². The number of nitrogens with one attached hydrogen (secondary N) is 1. The molecule has 100 valence electrons. The molecule has 1 aliphatic rings. The van der Waals surface area contributed by atoms with Crippen LogP contribution in [0, 0.1) is 0 Å². The number of anilines is 1. The molecule has 1 atom stereocenters. The summed E-state index contributed by atoms with van der Waals surface area (Å²) in [6, 6.07) is 7.26. The second-order valence-corrected chi connectivity index (χ2v) is 5.40.